The Kier molecular flexibility index (Phi) is 6.43. The number of hydrogen-bond donors (Lipinski definition) is 2. The number of anilines is 1. The molecule has 1 amide bonds. The Hall–Kier alpha value is -3.36. The maximum Gasteiger partial charge on any atom is 0.332 e. The van der Waals surface area contributed by atoms with E-state index < -0.39 is 5.69 Å². The van der Waals surface area contributed by atoms with Gasteiger partial charge in [0.15, 0.2) is 11.2 Å². The average Bonchev–Trinajstić information content (AvgIpc) is 3.18. The van der Waals surface area contributed by atoms with Crippen molar-refractivity contribution in [2.45, 2.75) is 38.6 Å². The lowest BCUT2D eigenvalue weighted by atomic mass is 9.89. The van der Waals surface area contributed by atoms with Gasteiger partial charge in [0.2, 0.25) is 11.9 Å². The molecule has 0 spiro atoms. The minimum absolute atomic E-state index is 0.112. The van der Waals surface area contributed by atoms with Crippen molar-refractivity contribution in [3.05, 3.63) is 56.7 Å². The number of hydrogen-bond acceptors (Lipinski definition) is 5. The highest BCUT2D eigenvalue weighted by Crippen LogP contribution is 2.23. The van der Waals surface area contributed by atoms with Gasteiger partial charge in [-0.15, -0.1) is 0 Å². The third-order valence-electron chi connectivity index (χ3n) is 6.21. The van der Waals surface area contributed by atoms with Crippen LogP contribution in [0.25, 0.3) is 11.2 Å². The Labute approximate surface area is 186 Å². The lowest BCUT2D eigenvalue weighted by Crippen LogP contribution is -2.37. The summed E-state index contributed by atoms with van der Waals surface area (Å²) in [5, 5.41) is 6.26. The topological polar surface area (TPSA) is 103 Å². The molecule has 2 N–H and O–H groups in total. The zero-order valence-electron chi connectivity index (χ0n) is 18.6. The number of aryl methyl sites for hydroxylation is 1. The van der Waals surface area contributed by atoms with E-state index in [1.165, 1.54) is 18.0 Å². The van der Waals surface area contributed by atoms with Crippen LogP contribution in [0.2, 0.25) is 0 Å². The molecule has 0 unspecified atom stereocenters. The van der Waals surface area contributed by atoms with Crippen LogP contribution >= 0.6 is 0 Å². The van der Waals surface area contributed by atoms with Crippen molar-refractivity contribution in [3.63, 3.8) is 0 Å². The van der Waals surface area contributed by atoms with Gasteiger partial charge < -0.3 is 10.6 Å². The highest BCUT2D eigenvalue weighted by atomic mass is 16.2. The number of carbonyl (C=O) groups is 1. The number of benzene rings is 1. The van der Waals surface area contributed by atoms with Gasteiger partial charge in [-0.1, -0.05) is 49.6 Å². The zero-order valence-corrected chi connectivity index (χ0v) is 18.6. The van der Waals surface area contributed by atoms with E-state index in [0.717, 1.165) is 35.8 Å². The van der Waals surface area contributed by atoms with Crippen molar-refractivity contribution in [3.8, 4) is 0 Å². The van der Waals surface area contributed by atoms with E-state index in [1.807, 2.05) is 30.3 Å². The summed E-state index contributed by atoms with van der Waals surface area (Å²) in [4.78, 5) is 42.2. The molecule has 0 radical (unpaired) electrons. The van der Waals surface area contributed by atoms with Crippen molar-refractivity contribution in [1.82, 2.24) is 24.0 Å². The lowest BCUT2D eigenvalue weighted by Gasteiger charge is -2.20. The number of imidazole rings is 1. The molecule has 1 aromatic carbocycles. The number of nitrogens with one attached hydrogen (secondary N) is 2. The summed E-state index contributed by atoms with van der Waals surface area (Å²) in [6.45, 7) is 1.35. The standard InChI is InChI=1S/C23H30N6O3/c1-27-19-18(21(31)28(2)23(27)32)29(15-16-9-5-3-6-10-16)22(26-19)25-14-13-24-20(30)17-11-7-4-8-12-17/h3,5-6,9-10,17H,4,7-8,11-15H2,1-2H3,(H,24,30)(H,25,26). The second-order valence-corrected chi connectivity index (χ2v) is 8.44. The van der Waals surface area contributed by atoms with Crippen LogP contribution in [-0.4, -0.2) is 37.7 Å². The lowest BCUT2D eigenvalue weighted by molar-refractivity contribution is -0.125. The fraction of sp³-hybridized carbons (Fsp3) is 0.478. The molecule has 0 saturated heterocycles. The average molecular weight is 439 g/mol. The first-order valence-electron chi connectivity index (χ1n) is 11.2. The molecule has 0 bridgehead atoms. The van der Waals surface area contributed by atoms with Gasteiger partial charge in [-0.05, 0) is 18.4 Å². The minimum atomic E-state index is -0.418. The van der Waals surface area contributed by atoms with Crippen LogP contribution in [0, 0.1) is 5.92 Å². The first kappa shape index (κ1) is 21.9. The van der Waals surface area contributed by atoms with Crippen LogP contribution in [0.4, 0.5) is 5.95 Å². The molecule has 3 aromatic rings. The van der Waals surface area contributed by atoms with Gasteiger partial charge in [-0.3, -0.25) is 23.3 Å². The van der Waals surface area contributed by atoms with Gasteiger partial charge in [-0.2, -0.15) is 4.98 Å². The molecule has 9 heteroatoms. The second kappa shape index (κ2) is 9.42. The summed E-state index contributed by atoms with van der Waals surface area (Å²) < 4.78 is 4.28. The van der Waals surface area contributed by atoms with E-state index in [0.29, 0.717) is 36.7 Å². The van der Waals surface area contributed by atoms with Crippen molar-refractivity contribution < 1.29 is 4.79 Å². The van der Waals surface area contributed by atoms with Gasteiger partial charge in [0.05, 0.1) is 6.54 Å². The van der Waals surface area contributed by atoms with E-state index in [4.69, 9.17) is 0 Å². The van der Waals surface area contributed by atoms with E-state index >= 15 is 0 Å². The molecule has 1 aliphatic carbocycles. The van der Waals surface area contributed by atoms with Gasteiger partial charge in [-0.25, -0.2) is 4.79 Å². The Morgan fingerprint density at radius 1 is 1.03 bits per heavy atom. The van der Waals surface area contributed by atoms with Gasteiger partial charge in [0, 0.05) is 33.1 Å². The highest BCUT2D eigenvalue weighted by Gasteiger charge is 2.21. The normalized spacial score (nSPS) is 14.6. The predicted octanol–water partition coefficient (Wildman–Crippen LogP) is 1.59. The molecular formula is C23H30N6O3. The molecular weight excluding hydrogens is 408 g/mol. The first-order chi connectivity index (χ1) is 15.5. The van der Waals surface area contributed by atoms with Crippen LogP contribution in [0.15, 0.2) is 39.9 Å². The molecule has 32 heavy (non-hydrogen) atoms. The number of amides is 1. The Bertz CT molecular complexity index is 1220. The van der Waals surface area contributed by atoms with Crippen molar-refractivity contribution in [2.24, 2.45) is 20.0 Å². The quantitative estimate of drug-likeness (QED) is 0.546. The smallest absolute Gasteiger partial charge is 0.332 e. The Morgan fingerprint density at radius 3 is 2.47 bits per heavy atom. The van der Waals surface area contributed by atoms with Gasteiger partial charge in [0.25, 0.3) is 5.56 Å². The maximum atomic E-state index is 12.9. The first-order valence-corrected chi connectivity index (χ1v) is 11.2. The molecule has 4 rings (SSSR count). The number of carbonyl (C=O) groups excluding carboxylic acids is 1. The van der Waals surface area contributed by atoms with Gasteiger partial charge in [0.1, 0.15) is 0 Å². The molecule has 170 valence electrons. The fourth-order valence-corrected chi connectivity index (χ4v) is 4.37. The Morgan fingerprint density at radius 2 is 1.75 bits per heavy atom. The van der Waals surface area contributed by atoms with E-state index in [-0.39, 0.29) is 17.4 Å². The van der Waals surface area contributed by atoms with E-state index in [1.54, 1.807) is 11.6 Å². The summed E-state index contributed by atoms with van der Waals surface area (Å²) in [7, 11) is 3.08. The number of nitrogens with zero attached hydrogens (tertiary/aromatic N) is 4. The van der Waals surface area contributed by atoms with Crippen molar-refractivity contribution >= 4 is 23.0 Å². The zero-order chi connectivity index (χ0) is 22.7. The molecule has 2 heterocycles. The second-order valence-electron chi connectivity index (χ2n) is 8.44. The largest absolute Gasteiger partial charge is 0.354 e. The molecule has 0 atom stereocenters. The van der Waals surface area contributed by atoms with Crippen LogP contribution in [-0.2, 0) is 25.4 Å². The molecule has 2 aromatic heterocycles. The molecule has 1 saturated carbocycles. The molecule has 1 fully saturated rings. The summed E-state index contributed by atoms with van der Waals surface area (Å²) in [5.41, 5.74) is 0.912. The highest BCUT2D eigenvalue weighted by molar-refractivity contribution is 5.78. The monoisotopic (exact) mass is 438 g/mol. The molecule has 9 nitrogen and oxygen atoms in total. The number of fused-ring (bicyclic) bond motifs is 1. The van der Waals surface area contributed by atoms with Crippen molar-refractivity contribution in [2.75, 3.05) is 18.4 Å². The summed E-state index contributed by atoms with van der Waals surface area (Å²) >= 11 is 0. The third-order valence-corrected chi connectivity index (χ3v) is 6.21. The number of aromatic nitrogens is 4. The summed E-state index contributed by atoms with van der Waals surface area (Å²) in [5.74, 6) is 0.721. The van der Waals surface area contributed by atoms with E-state index in [2.05, 4.69) is 15.6 Å². The Balaban J connectivity index is 1.57. The SMILES string of the molecule is Cn1c(=O)c2c(nc(NCCNC(=O)C3CCCCC3)n2Cc2ccccc2)n(C)c1=O. The summed E-state index contributed by atoms with van der Waals surface area (Å²) in [6.07, 6.45) is 5.37. The van der Waals surface area contributed by atoms with Crippen LogP contribution in [0.1, 0.15) is 37.7 Å². The maximum absolute atomic E-state index is 12.9. The number of rotatable bonds is 7. The fourth-order valence-electron chi connectivity index (χ4n) is 4.37. The van der Waals surface area contributed by atoms with Crippen molar-refractivity contribution in [1.29, 1.82) is 0 Å². The predicted molar refractivity (Wildman–Crippen MR) is 124 cm³/mol. The third kappa shape index (κ3) is 4.32. The minimum Gasteiger partial charge on any atom is -0.354 e. The van der Waals surface area contributed by atoms with E-state index in [9.17, 15) is 14.4 Å². The van der Waals surface area contributed by atoms with Gasteiger partial charge >= 0.3 is 5.69 Å². The molecule has 0 aliphatic heterocycles. The van der Waals surface area contributed by atoms with Crippen LogP contribution < -0.4 is 21.9 Å². The van der Waals surface area contributed by atoms with Crippen LogP contribution in [0.5, 0.6) is 0 Å². The van der Waals surface area contributed by atoms with Crippen LogP contribution in [0.3, 0.4) is 0 Å². The summed E-state index contributed by atoms with van der Waals surface area (Å²) in [6, 6.07) is 9.78. The molecule has 1 aliphatic rings.